The van der Waals surface area contributed by atoms with Gasteiger partial charge < -0.3 is 75.7 Å². The summed E-state index contributed by atoms with van der Waals surface area (Å²) in [6.07, 6.45) is 1.96. The molecule has 1 aromatic carbocycles. The number of aliphatic imine (C=N–C) groups is 1. The summed E-state index contributed by atoms with van der Waals surface area (Å²) in [5, 5.41) is 50.7. The van der Waals surface area contributed by atoms with Crippen molar-refractivity contribution in [2.75, 3.05) is 25.1 Å². The molecule has 8 amide bonds. The molecule has 28 nitrogen and oxygen atoms in total. The second-order valence-electron chi connectivity index (χ2n) is 19.1. The molecule has 0 unspecified atom stereocenters. The number of hydrogen-bond donors (Lipinski definition) is 14. The number of amides is 8. The highest BCUT2D eigenvalue weighted by Crippen LogP contribution is 2.16. The van der Waals surface area contributed by atoms with Gasteiger partial charge in [-0.25, -0.2) is 4.79 Å². The monoisotopic (exact) mass is 1110 g/mol. The second kappa shape index (κ2) is 35.2. The molecule has 0 radical (unpaired) electrons. The van der Waals surface area contributed by atoms with E-state index in [-0.39, 0.29) is 61.8 Å². The van der Waals surface area contributed by atoms with Crippen LogP contribution in [0.15, 0.2) is 29.3 Å². The fraction of sp³-hybridized carbons (Fsp3) is 0.646. The van der Waals surface area contributed by atoms with Gasteiger partial charge in [-0.3, -0.25) is 58.3 Å². The molecule has 18 N–H and O–H groups in total. The van der Waals surface area contributed by atoms with Crippen LogP contribution < -0.4 is 65.5 Å². The van der Waals surface area contributed by atoms with Crippen LogP contribution in [0.4, 0.5) is 5.69 Å². The number of hydrogen-bond acceptors (Lipinski definition) is 16. The van der Waals surface area contributed by atoms with Gasteiger partial charge >= 0.3 is 11.9 Å². The smallest absolute Gasteiger partial charge is 0.326 e. The van der Waals surface area contributed by atoms with Gasteiger partial charge in [-0.05, 0) is 94.7 Å². The summed E-state index contributed by atoms with van der Waals surface area (Å²) >= 11 is 1.35. The summed E-state index contributed by atoms with van der Waals surface area (Å²) in [6.45, 7) is 9.82. The summed E-state index contributed by atoms with van der Waals surface area (Å²) < 4.78 is 0. The second-order valence-corrected chi connectivity index (χ2v) is 20.1. The zero-order valence-electron chi connectivity index (χ0n) is 44.8. The Morgan fingerprint density at radius 3 is 1.65 bits per heavy atom. The van der Waals surface area contributed by atoms with E-state index in [9.17, 15) is 68.3 Å². The molecular formula is C48H80N14O14S. The summed E-state index contributed by atoms with van der Waals surface area (Å²) in [4.78, 5) is 148. The van der Waals surface area contributed by atoms with Gasteiger partial charge in [0.05, 0.1) is 11.0 Å². The summed E-state index contributed by atoms with van der Waals surface area (Å²) in [5.74, 6) is -10.3. The first-order valence-electron chi connectivity index (χ1n) is 25.2. The van der Waals surface area contributed by atoms with Crippen LogP contribution in [0, 0.1) is 22.0 Å². The van der Waals surface area contributed by atoms with Gasteiger partial charge in [-0.1, -0.05) is 46.2 Å². The van der Waals surface area contributed by atoms with Crippen LogP contribution in [0.1, 0.15) is 105 Å². The van der Waals surface area contributed by atoms with Crippen molar-refractivity contribution in [3.05, 3.63) is 39.9 Å². The molecule has 1 aromatic rings. The number of thioether (sulfide) groups is 1. The maximum atomic E-state index is 14.4. The van der Waals surface area contributed by atoms with E-state index in [0.717, 1.165) is 12.1 Å². The molecular weight excluding hydrogens is 1030 g/mol. The molecule has 0 heterocycles. The highest BCUT2D eigenvalue weighted by Gasteiger charge is 2.35. The Morgan fingerprint density at radius 1 is 0.623 bits per heavy atom. The molecule has 29 heteroatoms. The number of guanidine groups is 1. The standard InChI is InChI=1S/C48H80N14O14S/c1-25(2)23-35(60-46(72)38(26(3)4)61-43(69)32(12-10-21-53-48(51)52)56-39(65)27(5)54-41(67)31(50)11-8-9-20-49)44(70)59-36(24-29-13-15-30(16-14-29)62(75)76)45(71)57-33(17-18-37(63)64)42(68)55-28(6)40(66)58-34(47(73)74)19-22-77-7/h13-16,25-28,31-36,38H,8-12,17-24,49-50H2,1-7H3,(H,54,67)(H,55,68)(H,56,65)(H,57,71)(H,58,66)(H,59,70)(H,60,72)(H,61,69)(H,63,64)(H,73,74)(H4,51,52,53)/t27-,28-,31-,32-,33-,34-,35-,36-,38-/m0/s1. The van der Waals surface area contributed by atoms with Gasteiger partial charge in [-0.2, -0.15) is 11.8 Å². The fourth-order valence-electron chi connectivity index (χ4n) is 7.30. The van der Waals surface area contributed by atoms with Crippen molar-refractivity contribution in [2.45, 2.75) is 160 Å². The van der Waals surface area contributed by atoms with Crippen molar-refractivity contribution in [1.82, 2.24) is 42.5 Å². The van der Waals surface area contributed by atoms with Crippen LogP contribution in [0.25, 0.3) is 0 Å². The van der Waals surface area contributed by atoms with Gasteiger partial charge in [0.2, 0.25) is 47.3 Å². The van der Waals surface area contributed by atoms with Crippen molar-refractivity contribution in [1.29, 1.82) is 0 Å². The van der Waals surface area contributed by atoms with E-state index < -0.39 is 137 Å². The van der Waals surface area contributed by atoms with Crippen LogP contribution in [0.2, 0.25) is 0 Å². The molecule has 0 aromatic heterocycles. The Balaban J connectivity index is 3.56. The average Bonchev–Trinajstić information content (AvgIpc) is 3.35. The number of non-ortho nitro benzene ring substituents is 1. The predicted molar refractivity (Wildman–Crippen MR) is 286 cm³/mol. The fourth-order valence-corrected chi connectivity index (χ4v) is 7.77. The molecule has 432 valence electrons. The van der Waals surface area contributed by atoms with Crippen LogP contribution in [0.3, 0.4) is 0 Å². The van der Waals surface area contributed by atoms with Gasteiger partial charge in [0.25, 0.3) is 5.69 Å². The number of benzene rings is 1. The van der Waals surface area contributed by atoms with Crippen molar-refractivity contribution in [3.63, 3.8) is 0 Å². The summed E-state index contributed by atoms with van der Waals surface area (Å²) in [7, 11) is 0. The van der Waals surface area contributed by atoms with E-state index in [4.69, 9.17) is 22.9 Å². The van der Waals surface area contributed by atoms with E-state index in [2.05, 4.69) is 47.5 Å². The van der Waals surface area contributed by atoms with E-state index >= 15 is 0 Å². The molecule has 0 bridgehead atoms. The summed E-state index contributed by atoms with van der Waals surface area (Å²) in [5.41, 5.74) is 22.4. The highest BCUT2D eigenvalue weighted by molar-refractivity contribution is 7.98. The minimum atomic E-state index is -1.64. The zero-order valence-corrected chi connectivity index (χ0v) is 45.6. The number of nitro benzene ring substituents is 1. The molecule has 0 aliphatic carbocycles. The molecule has 0 aliphatic heterocycles. The Labute approximate surface area is 451 Å². The van der Waals surface area contributed by atoms with E-state index in [1.165, 1.54) is 37.7 Å². The van der Waals surface area contributed by atoms with Crippen molar-refractivity contribution in [2.24, 2.45) is 39.8 Å². The third-order valence-corrected chi connectivity index (χ3v) is 12.3. The number of aliphatic carboxylic acids is 2. The van der Waals surface area contributed by atoms with Crippen LogP contribution in [0.5, 0.6) is 0 Å². The number of nitro groups is 1. The molecule has 9 atom stereocenters. The van der Waals surface area contributed by atoms with E-state index in [1.807, 2.05) is 0 Å². The molecule has 1 rings (SSSR count). The number of carboxylic acid groups (broad SMARTS) is 2. The van der Waals surface area contributed by atoms with Gasteiger partial charge in [0.1, 0.15) is 48.3 Å². The largest absolute Gasteiger partial charge is 0.481 e. The lowest BCUT2D eigenvalue weighted by atomic mass is 9.98. The molecule has 0 saturated carbocycles. The number of rotatable bonds is 37. The van der Waals surface area contributed by atoms with Crippen molar-refractivity contribution in [3.8, 4) is 0 Å². The first-order chi connectivity index (χ1) is 36.1. The van der Waals surface area contributed by atoms with Crippen LogP contribution in [-0.2, 0) is 54.4 Å². The topological polar surface area (TPSA) is 467 Å². The lowest BCUT2D eigenvalue weighted by Gasteiger charge is -2.29. The first kappa shape index (κ1) is 67.9. The number of nitrogens with one attached hydrogen (secondary N) is 8. The third-order valence-electron chi connectivity index (χ3n) is 11.7. The first-order valence-corrected chi connectivity index (χ1v) is 26.6. The Morgan fingerprint density at radius 2 is 1.13 bits per heavy atom. The van der Waals surface area contributed by atoms with Crippen LogP contribution in [-0.4, -0.2) is 160 Å². The number of carboxylic acids is 2. The number of carbonyl (C=O) groups excluding carboxylic acids is 8. The SMILES string of the molecule is CSCC[C@H](NC(=O)[C@H](C)NC(=O)[C@H](CCC(=O)O)NC(=O)[C@H](Cc1ccc([N+](=O)[O-])cc1)NC(=O)[C@H](CC(C)C)NC(=O)[C@@H](NC(=O)[C@H](CCCN=C(N)N)NC(=O)[C@H](C)NC(=O)[C@@H](N)CCCCN)C(C)C)C(=O)O. The Bertz CT molecular complexity index is 2200. The van der Waals surface area contributed by atoms with Crippen LogP contribution >= 0.6 is 11.8 Å². The minimum absolute atomic E-state index is 0.0322. The molecule has 0 fully saturated rings. The highest BCUT2D eigenvalue weighted by atomic mass is 32.2. The van der Waals surface area contributed by atoms with Gasteiger partial charge in [0.15, 0.2) is 5.96 Å². The van der Waals surface area contributed by atoms with Gasteiger partial charge in [-0.15, -0.1) is 0 Å². The zero-order chi connectivity index (χ0) is 58.5. The Hall–Kier alpha value is -7.14. The maximum Gasteiger partial charge on any atom is 0.326 e. The number of nitrogens with zero attached hydrogens (tertiary/aromatic N) is 2. The van der Waals surface area contributed by atoms with Gasteiger partial charge in [0, 0.05) is 31.5 Å². The molecule has 0 spiro atoms. The number of carbonyl (C=O) groups is 10. The molecule has 0 aliphatic rings. The van der Waals surface area contributed by atoms with E-state index in [1.54, 1.807) is 34.0 Å². The quantitative estimate of drug-likeness (QED) is 0.0112. The lowest BCUT2D eigenvalue weighted by molar-refractivity contribution is -0.384. The molecule has 0 saturated heterocycles. The summed E-state index contributed by atoms with van der Waals surface area (Å²) in [6, 6.07) is -7.06. The van der Waals surface area contributed by atoms with E-state index in [0.29, 0.717) is 31.6 Å². The third kappa shape index (κ3) is 26.5. The minimum Gasteiger partial charge on any atom is -0.481 e. The Kier molecular flexibility index (Phi) is 31.1. The normalized spacial score (nSPS) is 14.6. The maximum absolute atomic E-state index is 14.4. The van der Waals surface area contributed by atoms with Crippen molar-refractivity contribution < 1.29 is 63.1 Å². The predicted octanol–water partition coefficient (Wildman–Crippen LogP) is -2.03. The number of nitrogens with two attached hydrogens (primary N) is 4. The average molecular weight is 1110 g/mol. The molecule has 77 heavy (non-hydrogen) atoms. The number of unbranched alkanes of at least 4 members (excludes halogenated alkanes) is 1. The van der Waals surface area contributed by atoms with Crippen molar-refractivity contribution >= 4 is 82.6 Å². The lowest BCUT2D eigenvalue weighted by Crippen LogP contribution is -2.61.